The number of nitrogens with one attached hydrogen (secondary N) is 2. The van der Waals surface area contributed by atoms with Crippen LogP contribution in [0.2, 0.25) is 5.02 Å². The van der Waals surface area contributed by atoms with Crippen LogP contribution in [0, 0.1) is 0 Å². The molecule has 1 amide bonds. The van der Waals surface area contributed by atoms with Gasteiger partial charge in [0.05, 0.1) is 36.2 Å². The fourth-order valence-electron chi connectivity index (χ4n) is 2.58. The number of halogens is 1. The van der Waals surface area contributed by atoms with Crippen LogP contribution < -0.4 is 14.8 Å². The first-order valence-corrected chi connectivity index (χ1v) is 11.5. The molecular weight excluding hydrogens is 434 g/mol. The highest BCUT2D eigenvalue weighted by atomic mass is 35.5. The van der Waals surface area contributed by atoms with Crippen LogP contribution in [0.25, 0.3) is 10.6 Å². The van der Waals surface area contributed by atoms with Crippen LogP contribution in [0.15, 0.2) is 47.8 Å². The van der Waals surface area contributed by atoms with E-state index in [-0.39, 0.29) is 18.0 Å². The summed E-state index contributed by atoms with van der Waals surface area (Å²) in [6.45, 7) is 0. The zero-order valence-electron chi connectivity index (χ0n) is 15.6. The van der Waals surface area contributed by atoms with Gasteiger partial charge in [-0.15, -0.1) is 11.3 Å². The summed E-state index contributed by atoms with van der Waals surface area (Å²) >= 11 is 7.60. The third-order valence-electron chi connectivity index (χ3n) is 3.78. The minimum atomic E-state index is -3.49. The Morgan fingerprint density at radius 1 is 1.24 bits per heavy atom. The number of carbonyl (C=O) groups is 1. The maximum absolute atomic E-state index is 12.4. The van der Waals surface area contributed by atoms with Crippen LogP contribution in [0.5, 0.6) is 5.75 Å². The highest BCUT2D eigenvalue weighted by Gasteiger charge is 2.13. The molecule has 0 aliphatic carbocycles. The number of carbonyl (C=O) groups excluding carboxylic acids is 1. The van der Waals surface area contributed by atoms with Crippen LogP contribution in [-0.4, -0.2) is 32.7 Å². The van der Waals surface area contributed by atoms with Gasteiger partial charge >= 0.3 is 0 Å². The summed E-state index contributed by atoms with van der Waals surface area (Å²) in [5, 5.41) is 5.88. The number of hydrogen-bond donors (Lipinski definition) is 2. The molecule has 0 aliphatic rings. The number of methoxy groups -OCH3 is 1. The Kier molecular flexibility index (Phi) is 6.41. The van der Waals surface area contributed by atoms with Gasteiger partial charge in [0.25, 0.3) is 0 Å². The van der Waals surface area contributed by atoms with Crippen molar-refractivity contribution in [3.05, 3.63) is 58.6 Å². The van der Waals surface area contributed by atoms with Crippen LogP contribution in [0.4, 0.5) is 11.4 Å². The first-order valence-electron chi connectivity index (χ1n) is 8.40. The van der Waals surface area contributed by atoms with Crippen molar-refractivity contribution in [2.75, 3.05) is 23.4 Å². The van der Waals surface area contributed by atoms with Gasteiger partial charge in [-0.1, -0.05) is 29.8 Å². The topological polar surface area (TPSA) is 97.4 Å². The lowest BCUT2D eigenvalue weighted by Crippen LogP contribution is -2.15. The molecule has 0 spiro atoms. The number of anilines is 2. The average Bonchev–Trinajstić information content (AvgIpc) is 3.09. The molecular formula is C19H18ClN3O4S2. The minimum absolute atomic E-state index is 0.0713. The molecule has 29 heavy (non-hydrogen) atoms. The predicted molar refractivity (Wildman–Crippen MR) is 116 cm³/mol. The van der Waals surface area contributed by atoms with E-state index in [0.717, 1.165) is 16.8 Å². The Labute approximate surface area is 177 Å². The summed E-state index contributed by atoms with van der Waals surface area (Å²) in [4.78, 5) is 16.9. The molecule has 0 saturated carbocycles. The number of aromatic nitrogens is 1. The van der Waals surface area contributed by atoms with Crippen molar-refractivity contribution in [3.63, 3.8) is 0 Å². The first-order chi connectivity index (χ1) is 13.7. The molecule has 152 valence electrons. The van der Waals surface area contributed by atoms with Crippen LogP contribution in [-0.2, 0) is 21.2 Å². The van der Waals surface area contributed by atoms with E-state index in [1.165, 1.54) is 24.5 Å². The molecule has 1 heterocycles. The lowest BCUT2D eigenvalue weighted by atomic mass is 10.2. The Morgan fingerprint density at radius 2 is 2.00 bits per heavy atom. The van der Waals surface area contributed by atoms with E-state index in [2.05, 4.69) is 15.0 Å². The highest BCUT2D eigenvalue weighted by Crippen LogP contribution is 2.31. The Balaban J connectivity index is 1.71. The zero-order chi connectivity index (χ0) is 21.0. The summed E-state index contributed by atoms with van der Waals surface area (Å²) in [6.07, 6.45) is 1.11. The molecule has 10 heteroatoms. The molecule has 0 fully saturated rings. The van der Waals surface area contributed by atoms with E-state index in [1.54, 1.807) is 18.2 Å². The van der Waals surface area contributed by atoms with E-state index < -0.39 is 10.0 Å². The van der Waals surface area contributed by atoms with Crippen LogP contribution >= 0.6 is 22.9 Å². The molecule has 0 unspecified atom stereocenters. The molecule has 3 aromatic rings. The summed E-state index contributed by atoms with van der Waals surface area (Å²) < 4.78 is 30.5. The SMILES string of the molecule is COc1ccc(NC(=O)Cc2csc(-c3ccccc3Cl)n2)cc1NS(C)(=O)=O. The van der Waals surface area contributed by atoms with Crippen molar-refractivity contribution < 1.29 is 17.9 Å². The molecule has 0 atom stereocenters. The van der Waals surface area contributed by atoms with E-state index in [9.17, 15) is 13.2 Å². The average molecular weight is 452 g/mol. The second-order valence-corrected chi connectivity index (χ2v) is 9.15. The number of sulfonamides is 1. The molecule has 7 nitrogen and oxygen atoms in total. The van der Waals surface area contributed by atoms with Gasteiger partial charge in [0.2, 0.25) is 15.9 Å². The van der Waals surface area contributed by atoms with Crippen LogP contribution in [0.3, 0.4) is 0 Å². The maximum atomic E-state index is 12.4. The zero-order valence-corrected chi connectivity index (χ0v) is 18.0. The molecule has 0 saturated heterocycles. The number of ether oxygens (including phenoxy) is 1. The normalized spacial score (nSPS) is 11.1. The van der Waals surface area contributed by atoms with Crippen molar-refractivity contribution in [1.29, 1.82) is 0 Å². The van der Waals surface area contributed by atoms with E-state index in [1.807, 2.05) is 23.6 Å². The fraction of sp³-hybridized carbons (Fsp3) is 0.158. The van der Waals surface area contributed by atoms with Crippen molar-refractivity contribution in [3.8, 4) is 16.3 Å². The van der Waals surface area contributed by atoms with E-state index >= 15 is 0 Å². The summed E-state index contributed by atoms with van der Waals surface area (Å²) in [7, 11) is -2.06. The van der Waals surface area contributed by atoms with Gasteiger partial charge in [-0.3, -0.25) is 9.52 Å². The number of thiazole rings is 1. The molecule has 2 aromatic carbocycles. The summed E-state index contributed by atoms with van der Waals surface area (Å²) in [6, 6.07) is 12.1. The summed E-state index contributed by atoms with van der Waals surface area (Å²) in [5.41, 5.74) is 2.11. The largest absolute Gasteiger partial charge is 0.495 e. The third kappa shape index (κ3) is 5.69. The standard InChI is InChI=1S/C19H18ClN3O4S2/c1-27-17-8-7-12(9-16(17)23-29(2,25)26)21-18(24)10-13-11-28-19(22-13)14-5-3-4-6-15(14)20/h3-9,11,23H,10H2,1-2H3,(H,21,24). The summed E-state index contributed by atoms with van der Waals surface area (Å²) in [5.74, 6) is 0.0637. The van der Waals surface area contributed by atoms with Gasteiger partial charge in [-0.05, 0) is 24.3 Å². The molecule has 0 bridgehead atoms. The maximum Gasteiger partial charge on any atom is 0.230 e. The molecule has 3 rings (SSSR count). The minimum Gasteiger partial charge on any atom is -0.495 e. The smallest absolute Gasteiger partial charge is 0.230 e. The van der Waals surface area contributed by atoms with Gasteiger partial charge in [-0.25, -0.2) is 13.4 Å². The van der Waals surface area contributed by atoms with E-state index in [0.29, 0.717) is 22.2 Å². The number of hydrogen-bond acceptors (Lipinski definition) is 6. The van der Waals surface area contributed by atoms with Crippen molar-refractivity contribution in [2.45, 2.75) is 6.42 Å². The third-order valence-corrected chi connectivity index (χ3v) is 5.62. The number of amides is 1. The predicted octanol–water partition coefficient (Wildman–Crippen LogP) is 4.02. The second kappa shape index (κ2) is 8.81. The monoisotopic (exact) mass is 451 g/mol. The van der Waals surface area contributed by atoms with Crippen LogP contribution in [0.1, 0.15) is 5.69 Å². The van der Waals surface area contributed by atoms with Gasteiger partial charge in [0, 0.05) is 16.6 Å². The fourth-order valence-corrected chi connectivity index (χ4v) is 4.28. The van der Waals surface area contributed by atoms with Gasteiger partial charge < -0.3 is 10.1 Å². The number of nitrogens with zero attached hydrogens (tertiary/aromatic N) is 1. The Hall–Kier alpha value is -2.62. The first kappa shape index (κ1) is 21.1. The van der Waals surface area contributed by atoms with E-state index in [4.69, 9.17) is 16.3 Å². The van der Waals surface area contributed by atoms with Crippen molar-refractivity contribution in [1.82, 2.24) is 4.98 Å². The van der Waals surface area contributed by atoms with Crippen molar-refractivity contribution >= 4 is 50.2 Å². The number of rotatable bonds is 7. The lowest BCUT2D eigenvalue weighted by molar-refractivity contribution is -0.115. The molecule has 0 radical (unpaired) electrons. The lowest BCUT2D eigenvalue weighted by Gasteiger charge is -2.12. The molecule has 1 aromatic heterocycles. The second-order valence-electron chi connectivity index (χ2n) is 6.14. The van der Waals surface area contributed by atoms with Gasteiger partial charge in [0.1, 0.15) is 10.8 Å². The van der Waals surface area contributed by atoms with Gasteiger partial charge in [-0.2, -0.15) is 0 Å². The van der Waals surface area contributed by atoms with Crippen molar-refractivity contribution in [2.24, 2.45) is 0 Å². The number of benzene rings is 2. The highest BCUT2D eigenvalue weighted by molar-refractivity contribution is 7.92. The Morgan fingerprint density at radius 3 is 2.69 bits per heavy atom. The Bertz CT molecular complexity index is 1150. The quantitative estimate of drug-likeness (QED) is 0.565. The molecule has 0 aliphatic heterocycles. The van der Waals surface area contributed by atoms with Gasteiger partial charge in [0.15, 0.2) is 0 Å². The molecule has 2 N–H and O–H groups in total.